The van der Waals surface area contributed by atoms with Crippen molar-refractivity contribution in [2.75, 3.05) is 12.4 Å². The number of thiazole rings is 1. The van der Waals surface area contributed by atoms with Crippen molar-refractivity contribution in [1.29, 1.82) is 0 Å². The number of methoxy groups -OCH3 is 1. The van der Waals surface area contributed by atoms with E-state index < -0.39 is 5.95 Å². The van der Waals surface area contributed by atoms with Gasteiger partial charge in [0.2, 0.25) is 5.95 Å². The number of anilines is 1. The smallest absolute Gasteiger partial charge is 0.253 e. The number of carbonyl (C=O) groups excluding carboxylic acids is 1. The molecule has 1 N–H and O–H groups in total. The number of nitrogens with zero attached hydrogens (tertiary/aromatic N) is 2. The van der Waals surface area contributed by atoms with Crippen molar-refractivity contribution in [3.8, 4) is 28.5 Å². The largest absolute Gasteiger partial charge is 0.497 e. The molecule has 0 saturated heterocycles. The molecule has 0 bridgehead atoms. The number of nitrogens with one attached hydrogen (secondary N) is 1. The van der Waals surface area contributed by atoms with E-state index in [2.05, 4.69) is 15.3 Å². The minimum atomic E-state index is -0.601. The summed E-state index contributed by atoms with van der Waals surface area (Å²) in [6.07, 6.45) is 4.22. The predicted molar refractivity (Wildman–Crippen MR) is 129 cm³/mol. The summed E-state index contributed by atoms with van der Waals surface area (Å²) in [5.74, 6) is 1.28. The second-order valence-corrected chi connectivity index (χ2v) is 8.26. The van der Waals surface area contributed by atoms with Gasteiger partial charge in [0.05, 0.1) is 12.8 Å². The first-order valence-electron chi connectivity index (χ1n) is 10.2. The second-order valence-electron chi connectivity index (χ2n) is 7.40. The number of allylic oxidation sites excluding steroid dienone is 2. The first-order chi connectivity index (χ1) is 15.9. The van der Waals surface area contributed by atoms with Gasteiger partial charge in [-0.05, 0) is 73.5 Å². The molecule has 1 aliphatic rings. The third-order valence-electron chi connectivity index (χ3n) is 5.04. The standard InChI is InChI=1S/C25H22FN3O3S/c1-15-12-20(32-19-7-5-18(31-3)6-8-19)13-16(2)23(15)21-14-33-25(28-21)29-24(30)17-4-9-22(26)27-11-10-17/h5-14H,4H2,1-3H3,(H,28,29,30). The number of halogens is 1. The van der Waals surface area contributed by atoms with Crippen LogP contribution in [-0.2, 0) is 4.79 Å². The number of carbonyl (C=O) groups is 1. The Bertz CT molecular complexity index is 1250. The van der Waals surface area contributed by atoms with Crippen LogP contribution in [0.3, 0.4) is 0 Å². The molecule has 1 aromatic heterocycles. The Hall–Kier alpha value is -3.78. The molecule has 168 valence electrons. The summed E-state index contributed by atoms with van der Waals surface area (Å²) < 4.78 is 24.4. The molecule has 0 radical (unpaired) electrons. The van der Waals surface area contributed by atoms with Gasteiger partial charge in [-0.25, -0.2) is 9.98 Å². The third-order valence-corrected chi connectivity index (χ3v) is 5.80. The van der Waals surface area contributed by atoms with Gasteiger partial charge in [-0.2, -0.15) is 4.39 Å². The van der Waals surface area contributed by atoms with E-state index in [1.807, 2.05) is 55.6 Å². The Morgan fingerprint density at radius 3 is 2.48 bits per heavy atom. The lowest BCUT2D eigenvalue weighted by molar-refractivity contribution is -0.112. The van der Waals surface area contributed by atoms with Crippen LogP contribution in [0.15, 0.2) is 70.4 Å². The molecule has 0 fully saturated rings. The summed E-state index contributed by atoms with van der Waals surface area (Å²) >= 11 is 1.33. The number of aromatic nitrogens is 1. The van der Waals surface area contributed by atoms with Crippen molar-refractivity contribution in [2.24, 2.45) is 4.99 Å². The fraction of sp³-hybridized carbons (Fsp3) is 0.160. The molecule has 4 rings (SSSR count). The topological polar surface area (TPSA) is 72.8 Å². The molecule has 1 aliphatic heterocycles. The molecule has 6 nitrogen and oxygen atoms in total. The summed E-state index contributed by atoms with van der Waals surface area (Å²) in [5.41, 5.74) is 4.17. The van der Waals surface area contributed by atoms with Gasteiger partial charge in [0.15, 0.2) is 5.13 Å². The van der Waals surface area contributed by atoms with Crippen LogP contribution in [0.2, 0.25) is 0 Å². The van der Waals surface area contributed by atoms with E-state index in [9.17, 15) is 9.18 Å². The Morgan fingerprint density at radius 2 is 1.79 bits per heavy atom. The van der Waals surface area contributed by atoms with E-state index in [0.717, 1.165) is 33.9 Å². The summed E-state index contributed by atoms with van der Waals surface area (Å²) in [5, 5.41) is 5.16. The Balaban J connectivity index is 1.50. The average Bonchev–Trinajstić information content (AvgIpc) is 3.11. The van der Waals surface area contributed by atoms with Crippen molar-refractivity contribution in [3.63, 3.8) is 0 Å². The van der Waals surface area contributed by atoms with Gasteiger partial charge in [-0.1, -0.05) is 0 Å². The lowest BCUT2D eigenvalue weighted by Gasteiger charge is -2.12. The van der Waals surface area contributed by atoms with Gasteiger partial charge in [-0.3, -0.25) is 10.1 Å². The second kappa shape index (κ2) is 9.79. The van der Waals surface area contributed by atoms with Crippen LogP contribution in [0.5, 0.6) is 17.2 Å². The Labute approximate surface area is 195 Å². The molecule has 2 aromatic carbocycles. The maximum atomic E-state index is 13.2. The van der Waals surface area contributed by atoms with Crippen LogP contribution < -0.4 is 14.8 Å². The van der Waals surface area contributed by atoms with Gasteiger partial charge >= 0.3 is 0 Å². The maximum Gasteiger partial charge on any atom is 0.253 e. The van der Waals surface area contributed by atoms with Crippen LogP contribution in [-0.4, -0.2) is 24.2 Å². The lowest BCUT2D eigenvalue weighted by atomic mass is 10.0. The lowest BCUT2D eigenvalue weighted by Crippen LogP contribution is -2.14. The zero-order valence-corrected chi connectivity index (χ0v) is 19.2. The quantitative estimate of drug-likeness (QED) is 0.431. The summed E-state index contributed by atoms with van der Waals surface area (Å²) in [6, 6.07) is 11.3. The molecule has 0 aliphatic carbocycles. The molecule has 8 heteroatoms. The fourth-order valence-corrected chi connectivity index (χ4v) is 4.17. The highest BCUT2D eigenvalue weighted by atomic mass is 32.1. The number of rotatable bonds is 6. The number of amides is 1. The maximum absolute atomic E-state index is 13.2. The van der Waals surface area contributed by atoms with Gasteiger partial charge < -0.3 is 9.47 Å². The third kappa shape index (κ3) is 5.35. The molecule has 0 saturated carbocycles. The molecule has 0 atom stereocenters. The summed E-state index contributed by atoms with van der Waals surface area (Å²) in [6.45, 7) is 3.99. The number of aryl methyl sites for hydroxylation is 2. The minimum Gasteiger partial charge on any atom is -0.497 e. The molecule has 2 heterocycles. The van der Waals surface area contributed by atoms with Crippen LogP contribution >= 0.6 is 11.3 Å². The van der Waals surface area contributed by atoms with Crippen LogP contribution in [0, 0.1) is 13.8 Å². The number of ether oxygens (including phenoxy) is 2. The fourth-order valence-electron chi connectivity index (χ4n) is 3.47. The van der Waals surface area contributed by atoms with E-state index >= 15 is 0 Å². The number of hydrogen-bond donors (Lipinski definition) is 1. The minimum absolute atomic E-state index is 0.170. The highest BCUT2D eigenvalue weighted by Crippen LogP contribution is 2.34. The monoisotopic (exact) mass is 463 g/mol. The highest BCUT2D eigenvalue weighted by Gasteiger charge is 2.16. The summed E-state index contributed by atoms with van der Waals surface area (Å²) in [4.78, 5) is 20.7. The average molecular weight is 464 g/mol. The zero-order chi connectivity index (χ0) is 23.4. The van der Waals surface area contributed by atoms with E-state index in [1.165, 1.54) is 29.7 Å². The van der Waals surface area contributed by atoms with Crippen molar-refractivity contribution < 1.29 is 18.7 Å². The molecule has 3 aromatic rings. The van der Waals surface area contributed by atoms with Crippen molar-refractivity contribution in [2.45, 2.75) is 20.3 Å². The van der Waals surface area contributed by atoms with E-state index in [4.69, 9.17) is 9.47 Å². The summed E-state index contributed by atoms with van der Waals surface area (Å²) in [7, 11) is 1.62. The Kier molecular flexibility index (Phi) is 6.65. The first kappa shape index (κ1) is 22.4. The number of benzene rings is 2. The van der Waals surface area contributed by atoms with Crippen LogP contribution in [0.4, 0.5) is 9.52 Å². The molecular formula is C25H22FN3O3S. The molecule has 1 amide bonds. The highest BCUT2D eigenvalue weighted by molar-refractivity contribution is 7.14. The SMILES string of the molecule is COc1ccc(Oc2cc(C)c(-c3csc(NC(=O)C4=CC=NC(F)=CC4)n3)c(C)c2)cc1. The van der Waals surface area contributed by atoms with Crippen molar-refractivity contribution in [3.05, 3.63) is 76.6 Å². The number of aliphatic imine (C=N–C) groups is 1. The van der Waals surface area contributed by atoms with E-state index in [-0.39, 0.29) is 12.3 Å². The predicted octanol–water partition coefficient (Wildman–Crippen LogP) is 6.38. The van der Waals surface area contributed by atoms with Crippen LogP contribution in [0.25, 0.3) is 11.3 Å². The molecular weight excluding hydrogens is 441 g/mol. The number of hydrogen-bond acceptors (Lipinski definition) is 6. The van der Waals surface area contributed by atoms with Crippen molar-refractivity contribution in [1.82, 2.24) is 4.98 Å². The van der Waals surface area contributed by atoms with Crippen molar-refractivity contribution >= 4 is 28.6 Å². The van der Waals surface area contributed by atoms with Gasteiger partial charge in [0.1, 0.15) is 17.2 Å². The normalized spacial score (nSPS) is 13.1. The van der Waals surface area contributed by atoms with Gasteiger partial charge in [-0.15, -0.1) is 11.3 Å². The van der Waals surface area contributed by atoms with E-state index in [1.54, 1.807) is 7.11 Å². The molecule has 0 spiro atoms. The molecule has 0 unspecified atom stereocenters. The zero-order valence-electron chi connectivity index (χ0n) is 18.4. The van der Waals surface area contributed by atoms with Gasteiger partial charge in [0, 0.05) is 29.2 Å². The first-order valence-corrected chi connectivity index (χ1v) is 11.1. The molecule has 33 heavy (non-hydrogen) atoms. The van der Waals surface area contributed by atoms with Gasteiger partial charge in [0.25, 0.3) is 5.91 Å². The van der Waals surface area contributed by atoms with E-state index in [0.29, 0.717) is 16.5 Å². The van der Waals surface area contributed by atoms with Crippen LogP contribution in [0.1, 0.15) is 17.5 Å². The Morgan fingerprint density at radius 1 is 1.09 bits per heavy atom.